The molecule has 0 bridgehead atoms. The van der Waals surface area contributed by atoms with E-state index in [1.807, 2.05) is 27.7 Å². The molecule has 2 unspecified atom stereocenters. The van der Waals surface area contributed by atoms with Gasteiger partial charge in [0.05, 0.1) is 12.0 Å². The van der Waals surface area contributed by atoms with Gasteiger partial charge in [0.2, 0.25) is 5.91 Å². The van der Waals surface area contributed by atoms with Crippen LogP contribution in [-0.2, 0) is 9.59 Å². The van der Waals surface area contributed by atoms with Crippen LogP contribution in [0.15, 0.2) is 0 Å². The Hall–Kier alpha value is -1.10. The molecule has 1 amide bonds. The molecule has 0 fully saturated rings. The Morgan fingerprint density at radius 3 is 2.00 bits per heavy atom. The molecule has 0 aromatic heterocycles. The van der Waals surface area contributed by atoms with Crippen LogP contribution in [0, 0.1) is 17.8 Å². The lowest BCUT2D eigenvalue weighted by molar-refractivity contribution is -0.143. The fraction of sp³-hybridized carbons (Fsp3) is 0.818. The average Bonchev–Trinajstić information content (AvgIpc) is 2.15. The van der Waals surface area contributed by atoms with Gasteiger partial charge in [-0.15, -0.1) is 0 Å². The van der Waals surface area contributed by atoms with Crippen molar-refractivity contribution in [2.75, 3.05) is 6.54 Å². The molecule has 0 saturated heterocycles. The summed E-state index contributed by atoms with van der Waals surface area (Å²) >= 11 is 0. The summed E-state index contributed by atoms with van der Waals surface area (Å²) in [5, 5.41) is 11.5. The van der Waals surface area contributed by atoms with E-state index in [0.717, 1.165) is 0 Å². The largest absolute Gasteiger partial charge is 0.481 e. The lowest BCUT2D eigenvalue weighted by atomic mass is 9.95. The van der Waals surface area contributed by atoms with Gasteiger partial charge < -0.3 is 16.2 Å². The van der Waals surface area contributed by atoms with E-state index in [2.05, 4.69) is 5.32 Å². The number of carboxylic acid groups (broad SMARTS) is 1. The fourth-order valence-corrected chi connectivity index (χ4v) is 1.24. The predicted octanol–water partition coefficient (Wildman–Crippen LogP) is 0.443. The first-order chi connectivity index (χ1) is 7.27. The minimum Gasteiger partial charge on any atom is -0.481 e. The number of carbonyl (C=O) groups is 2. The average molecular weight is 230 g/mol. The highest BCUT2D eigenvalue weighted by atomic mass is 16.4. The first-order valence-electron chi connectivity index (χ1n) is 5.53. The van der Waals surface area contributed by atoms with Gasteiger partial charge in [-0.2, -0.15) is 0 Å². The molecule has 0 saturated carbocycles. The Kier molecular flexibility index (Phi) is 6.03. The van der Waals surface area contributed by atoms with E-state index in [1.54, 1.807) is 0 Å². The number of amides is 1. The second kappa shape index (κ2) is 6.48. The van der Waals surface area contributed by atoms with Crippen molar-refractivity contribution in [3.05, 3.63) is 0 Å². The van der Waals surface area contributed by atoms with E-state index in [-0.39, 0.29) is 24.3 Å². The van der Waals surface area contributed by atoms with Crippen LogP contribution in [0.5, 0.6) is 0 Å². The number of hydrogen-bond acceptors (Lipinski definition) is 3. The lowest BCUT2D eigenvalue weighted by Crippen LogP contribution is -2.46. The predicted molar refractivity (Wildman–Crippen MR) is 61.8 cm³/mol. The van der Waals surface area contributed by atoms with Crippen molar-refractivity contribution in [2.24, 2.45) is 23.5 Å². The summed E-state index contributed by atoms with van der Waals surface area (Å²) < 4.78 is 0. The zero-order chi connectivity index (χ0) is 12.9. The highest BCUT2D eigenvalue weighted by molar-refractivity contribution is 5.82. The SMILES string of the molecule is CC(C)C(N)C(=O)NCC(C(=O)O)C(C)C. The molecule has 0 radical (unpaired) electrons. The molecule has 5 nitrogen and oxygen atoms in total. The number of hydrogen-bond donors (Lipinski definition) is 3. The summed E-state index contributed by atoms with van der Waals surface area (Å²) in [7, 11) is 0. The van der Waals surface area contributed by atoms with Gasteiger partial charge in [0.25, 0.3) is 0 Å². The van der Waals surface area contributed by atoms with Gasteiger partial charge in [-0.05, 0) is 11.8 Å². The Bertz CT molecular complexity index is 252. The fourth-order valence-electron chi connectivity index (χ4n) is 1.24. The van der Waals surface area contributed by atoms with Gasteiger partial charge in [-0.3, -0.25) is 9.59 Å². The monoisotopic (exact) mass is 230 g/mol. The summed E-state index contributed by atoms with van der Waals surface area (Å²) in [5.74, 6) is -1.73. The summed E-state index contributed by atoms with van der Waals surface area (Å²) in [6.07, 6.45) is 0. The van der Waals surface area contributed by atoms with Crippen LogP contribution in [0.3, 0.4) is 0 Å². The van der Waals surface area contributed by atoms with Gasteiger partial charge in [-0.25, -0.2) is 0 Å². The van der Waals surface area contributed by atoms with Crippen LogP contribution < -0.4 is 11.1 Å². The third kappa shape index (κ3) is 4.61. The van der Waals surface area contributed by atoms with Crippen molar-refractivity contribution in [2.45, 2.75) is 33.7 Å². The molecule has 0 aliphatic heterocycles. The van der Waals surface area contributed by atoms with E-state index < -0.39 is 17.9 Å². The number of carbonyl (C=O) groups excluding carboxylic acids is 1. The van der Waals surface area contributed by atoms with Crippen LogP contribution in [0.25, 0.3) is 0 Å². The Morgan fingerprint density at radius 2 is 1.69 bits per heavy atom. The molecular weight excluding hydrogens is 208 g/mol. The molecule has 0 spiro atoms. The Balaban J connectivity index is 4.22. The highest BCUT2D eigenvalue weighted by Gasteiger charge is 2.24. The number of aliphatic carboxylic acids is 1. The number of carboxylic acids is 1. The molecule has 0 aromatic rings. The van der Waals surface area contributed by atoms with Crippen LogP contribution >= 0.6 is 0 Å². The van der Waals surface area contributed by atoms with Crippen molar-refractivity contribution in [1.29, 1.82) is 0 Å². The third-order valence-electron chi connectivity index (χ3n) is 2.64. The van der Waals surface area contributed by atoms with E-state index >= 15 is 0 Å². The van der Waals surface area contributed by atoms with Crippen LogP contribution in [-0.4, -0.2) is 29.6 Å². The molecular formula is C11H22N2O3. The molecule has 0 aliphatic carbocycles. The van der Waals surface area contributed by atoms with Crippen molar-refractivity contribution >= 4 is 11.9 Å². The molecule has 4 N–H and O–H groups in total. The van der Waals surface area contributed by atoms with Gasteiger partial charge in [0.15, 0.2) is 0 Å². The minimum absolute atomic E-state index is 0.0203. The van der Waals surface area contributed by atoms with Crippen LogP contribution in [0.4, 0.5) is 0 Å². The molecule has 5 heteroatoms. The third-order valence-corrected chi connectivity index (χ3v) is 2.64. The molecule has 0 aromatic carbocycles. The van der Waals surface area contributed by atoms with Crippen LogP contribution in [0.1, 0.15) is 27.7 Å². The van der Waals surface area contributed by atoms with Crippen LogP contribution in [0.2, 0.25) is 0 Å². The van der Waals surface area contributed by atoms with Crippen molar-refractivity contribution < 1.29 is 14.7 Å². The zero-order valence-corrected chi connectivity index (χ0v) is 10.4. The highest BCUT2D eigenvalue weighted by Crippen LogP contribution is 2.10. The van der Waals surface area contributed by atoms with Crippen molar-refractivity contribution in [1.82, 2.24) is 5.32 Å². The maximum absolute atomic E-state index is 11.5. The van der Waals surface area contributed by atoms with E-state index in [9.17, 15) is 9.59 Å². The topological polar surface area (TPSA) is 92.4 Å². The Morgan fingerprint density at radius 1 is 1.19 bits per heavy atom. The van der Waals surface area contributed by atoms with E-state index in [4.69, 9.17) is 10.8 Å². The molecule has 0 aliphatic rings. The molecule has 2 atom stereocenters. The molecule has 0 heterocycles. The minimum atomic E-state index is -0.895. The molecule has 94 valence electrons. The van der Waals surface area contributed by atoms with Crippen molar-refractivity contribution in [3.8, 4) is 0 Å². The quantitative estimate of drug-likeness (QED) is 0.617. The molecule has 16 heavy (non-hydrogen) atoms. The summed E-state index contributed by atoms with van der Waals surface area (Å²) in [5.41, 5.74) is 5.64. The smallest absolute Gasteiger partial charge is 0.308 e. The zero-order valence-electron chi connectivity index (χ0n) is 10.4. The summed E-state index contributed by atoms with van der Waals surface area (Å²) in [6.45, 7) is 7.45. The number of nitrogens with two attached hydrogens (primary N) is 1. The first kappa shape index (κ1) is 14.9. The first-order valence-corrected chi connectivity index (χ1v) is 5.53. The maximum atomic E-state index is 11.5. The summed E-state index contributed by atoms with van der Waals surface area (Å²) in [4.78, 5) is 22.4. The lowest BCUT2D eigenvalue weighted by Gasteiger charge is -2.20. The van der Waals surface area contributed by atoms with Gasteiger partial charge in [0.1, 0.15) is 0 Å². The second-order valence-electron chi connectivity index (χ2n) is 4.70. The van der Waals surface area contributed by atoms with E-state index in [1.165, 1.54) is 0 Å². The Labute approximate surface area is 96.4 Å². The van der Waals surface area contributed by atoms with Gasteiger partial charge in [0, 0.05) is 6.54 Å². The normalized spacial score (nSPS) is 14.9. The standard InChI is InChI=1S/C11H22N2O3/c1-6(2)8(11(15)16)5-13-10(14)9(12)7(3)4/h6-9H,5,12H2,1-4H3,(H,13,14)(H,15,16). The van der Waals surface area contributed by atoms with E-state index in [0.29, 0.717) is 0 Å². The number of rotatable bonds is 6. The van der Waals surface area contributed by atoms with Gasteiger partial charge in [-0.1, -0.05) is 27.7 Å². The number of nitrogens with one attached hydrogen (secondary N) is 1. The molecule has 0 rings (SSSR count). The maximum Gasteiger partial charge on any atom is 0.308 e. The summed E-state index contributed by atoms with van der Waals surface area (Å²) in [6, 6.07) is -0.582. The van der Waals surface area contributed by atoms with Crippen molar-refractivity contribution in [3.63, 3.8) is 0 Å². The second-order valence-corrected chi connectivity index (χ2v) is 4.70. The van der Waals surface area contributed by atoms with Gasteiger partial charge >= 0.3 is 5.97 Å².